The Bertz CT molecular complexity index is 866. The molecule has 4 rings (SSSR count). The van der Waals surface area contributed by atoms with Crippen LogP contribution in [0.2, 0.25) is 4.34 Å². The van der Waals surface area contributed by atoms with E-state index in [1.165, 1.54) is 0 Å². The molecule has 8 heteroatoms. The fraction of sp³-hybridized carbons (Fsp3) is 0.619. The first kappa shape index (κ1) is 20.8. The number of halogens is 1. The summed E-state index contributed by atoms with van der Waals surface area (Å²) in [5.41, 5.74) is 0.458. The predicted octanol–water partition coefficient (Wildman–Crippen LogP) is 4.31. The Morgan fingerprint density at radius 2 is 2.14 bits per heavy atom. The number of nitrogens with one attached hydrogen (secondary N) is 2. The van der Waals surface area contributed by atoms with Crippen LogP contribution in [0.15, 0.2) is 18.2 Å². The number of aromatic nitrogens is 2. The first-order valence-electron chi connectivity index (χ1n) is 10.3. The van der Waals surface area contributed by atoms with Gasteiger partial charge in [-0.1, -0.05) is 25.4 Å². The van der Waals surface area contributed by atoms with Crippen LogP contribution in [0.25, 0.3) is 0 Å². The van der Waals surface area contributed by atoms with Gasteiger partial charge >= 0.3 is 0 Å². The highest BCUT2D eigenvalue weighted by molar-refractivity contribution is 7.16. The zero-order valence-electron chi connectivity index (χ0n) is 17.1. The summed E-state index contributed by atoms with van der Waals surface area (Å²) in [5, 5.41) is 11.8. The smallest absolute Gasteiger partial charge is 0.254 e. The van der Waals surface area contributed by atoms with Gasteiger partial charge in [0.25, 0.3) is 5.91 Å². The van der Waals surface area contributed by atoms with Gasteiger partial charge in [0.1, 0.15) is 5.82 Å². The molecule has 2 aromatic heterocycles. The molecule has 6 nitrogen and oxygen atoms in total. The third kappa shape index (κ3) is 4.38. The lowest BCUT2D eigenvalue weighted by Gasteiger charge is -2.33. The van der Waals surface area contributed by atoms with Crippen LogP contribution < -0.4 is 10.6 Å². The second-order valence-electron chi connectivity index (χ2n) is 8.71. The van der Waals surface area contributed by atoms with Crippen molar-refractivity contribution in [2.45, 2.75) is 51.5 Å². The predicted molar refractivity (Wildman–Crippen MR) is 117 cm³/mol. The molecule has 2 aliphatic rings. The van der Waals surface area contributed by atoms with Crippen molar-refractivity contribution in [3.05, 3.63) is 33.1 Å². The summed E-state index contributed by atoms with van der Waals surface area (Å²) in [4.78, 5) is 14.7. The highest BCUT2D eigenvalue weighted by Gasteiger charge is 2.39. The molecule has 2 fully saturated rings. The van der Waals surface area contributed by atoms with Crippen molar-refractivity contribution in [3.8, 4) is 0 Å². The van der Waals surface area contributed by atoms with Crippen molar-refractivity contribution in [1.82, 2.24) is 15.1 Å². The van der Waals surface area contributed by atoms with Gasteiger partial charge in [-0.15, -0.1) is 11.3 Å². The number of carbonyl (C=O) groups excluding carboxylic acids is 1. The van der Waals surface area contributed by atoms with Crippen LogP contribution >= 0.6 is 22.9 Å². The molecule has 0 radical (unpaired) electrons. The molecular weight excluding hydrogens is 408 g/mol. The van der Waals surface area contributed by atoms with Gasteiger partial charge in [-0.05, 0) is 44.4 Å². The summed E-state index contributed by atoms with van der Waals surface area (Å²) >= 11 is 7.61. The Hall–Kier alpha value is -1.41. The maximum Gasteiger partial charge on any atom is 0.254 e. The minimum absolute atomic E-state index is 0.0473. The van der Waals surface area contributed by atoms with Crippen LogP contribution in [0, 0.1) is 5.41 Å². The number of piperidine rings is 1. The van der Waals surface area contributed by atoms with Crippen molar-refractivity contribution >= 4 is 34.7 Å². The van der Waals surface area contributed by atoms with E-state index in [4.69, 9.17) is 21.4 Å². The lowest BCUT2D eigenvalue weighted by atomic mass is 9.80. The lowest BCUT2D eigenvalue weighted by molar-refractivity contribution is 0.0168. The monoisotopic (exact) mass is 436 g/mol. The number of ether oxygens (including phenoxy) is 1. The van der Waals surface area contributed by atoms with Gasteiger partial charge in [0.15, 0.2) is 0 Å². The average molecular weight is 437 g/mol. The van der Waals surface area contributed by atoms with Gasteiger partial charge in [0, 0.05) is 36.1 Å². The normalized spacial score (nSPS) is 24.4. The standard InChI is InChI=1S/C21H29ClN4O2S/c1-20(7-10-28-11-8-20)19(27)26-18(24-13-15-4-5-17(22)29-15)12-16(25-26)21(2)6-3-9-23-14-21/h4-5,12,23-24H,3,6-11,13-14H2,1-2H3. The van der Waals surface area contributed by atoms with Gasteiger partial charge < -0.3 is 15.4 Å². The third-order valence-corrected chi connectivity index (χ3v) is 7.53. The molecule has 2 aliphatic heterocycles. The summed E-state index contributed by atoms with van der Waals surface area (Å²) in [6.07, 6.45) is 3.62. The zero-order valence-corrected chi connectivity index (χ0v) is 18.7. The van der Waals surface area contributed by atoms with E-state index in [-0.39, 0.29) is 11.3 Å². The number of hydrogen-bond donors (Lipinski definition) is 2. The summed E-state index contributed by atoms with van der Waals surface area (Å²) in [7, 11) is 0. The van der Waals surface area contributed by atoms with Gasteiger partial charge in [0.05, 0.1) is 22.0 Å². The maximum absolute atomic E-state index is 13.5. The first-order valence-corrected chi connectivity index (χ1v) is 11.5. The molecule has 0 saturated carbocycles. The van der Waals surface area contributed by atoms with E-state index in [1.54, 1.807) is 16.0 Å². The lowest BCUT2D eigenvalue weighted by Crippen LogP contribution is -2.42. The van der Waals surface area contributed by atoms with Crippen LogP contribution in [0.1, 0.15) is 54.9 Å². The van der Waals surface area contributed by atoms with Crippen molar-refractivity contribution in [2.75, 3.05) is 31.6 Å². The van der Waals surface area contributed by atoms with Crippen molar-refractivity contribution in [2.24, 2.45) is 5.41 Å². The number of rotatable bonds is 5. The molecule has 2 N–H and O–H groups in total. The molecule has 0 amide bonds. The molecule has 4 heterocycles. The second kappa shape index (κ2) is 8.38. The molecule has 0 spiro atoms. The summed E-state index contributed by atoms with van der Waals surface area (Å²) in [6, 6.07) is 5.97. The largest absolute Gasteiger partial charge is 0.381 e. The SMILES string of the molecule is CC1(C(=O)n2nc(C3(C)CCCNC3)cc2NCc2ccc(Cl)s2)CCOCC1. The van der Waals surface area contributed by atoms with Crippen LogP contribution in [0.3, 0.4) is 0 Å². The topological polar surface area (TPSA) is 68.2 Å². The van der Waals surface area contributed by atoms with Gasteiger partial charge in [-0.2, -0.15) is 9.78 Å². The van der Waals surface area contributed by atoms with E-state index in [0.29, 0.717) is 19.8 Å². The molecule has 1 atom stereocenters. The van der Waals surface area contributed by atoms with Crippen molar-refractivity contribution in [3.63, 3.8) is 0 Å². The van der Waals surface area contributed by atoms with E-state index in [2.05, 4.69) is 23.6 Å². The second-order valence-corrected chi connectivity index (χ2v) is 10.5. The number of hydrogen-bond acceptors (Lipinski definition) is 6. The Morgan fingerprint density at radius 3 is 2.79 bits per heavy atom. The molecule has 2 aromatic rings. The Morgan fingerprint density at radius 1 is 1.34 bits per heavy atom. The summed E-state index contributed by atoms with van der Waals surface area (Å²) < 4.78 is 7.86. The molecular formula is C21H29ClN4O2S. The van der Waals surface area contributed by atoms with E-state index in [1.807, 2.05) is 19.1 Å². The Labute approximate surface area is 181 Å². The van der Waals surface area contributed by atoms with E-state index < -0.39 is 5.41 Å². The molecule has 1 unspecified atom stereocenters. The number of carbonyl (C=O) groups is 1. The first-order chi connectivity index (χ1) is 13.9. The summed E-state index contributed by atoms with van der Waals surface area (Å²) in [5.74, 6) is 0.806. The molecule has 0 bridgehead atoms. The van der Waals surface area contributed by atoms with Gasteiger partial charge in [-0.25, -0.2) is 0 Å². The molecule has 29 heavy (non-hydrogen) atoms. The Balaban J connectivity index is 1.64. The average Bonchev–Trinajstić information content (AvgIpc) is 3.33. The van der Waals surface area contributed by atoms with Crippen LogP contribution in [-0.2, 0) is 16.7 Å². The summed E-state index contributed by atoms with van der Waals surface area (Å²) in [6.45, 7) is 8.04. The van der Waals surface area contributed by atoms with Gasteiger partial charge in [0.2, 0.25) is 0 Å². The third-order valence-electron chi connectivity index (χ3n) is 6.30. The van der Waals surface area contributed by atoms with Gasteiger partial charge in [-0.3, -0.25) is 4.79 Å². The highest BCUT2D eigenvalue weighted by Crippen LogP contribution is 2.36. The zero-order chi connectivity index (χ0) is 20.5. The van der Waals surface area contributed by atoms with Crippen LogP contribution in [0.5, 0.6) is 0 Å². The minimum Gasteiger partial charge on any atom is -0.381 e. The fourth-order valence-corrected chi connectivity index (χ4v) is 5.17. The van der Waals surface area contributed by atoms with Crippen LogP contribution in [-0.4, -0.2) is 42.0 Å². The van der Waals surface area contributed by atoms with Crippen molar-refractivity contribution in [1.29, 1.82) is 0 Å². The Kier molecular flexibility index (Phi) is 6.02. The minimum atomic E-state index is -0.448. The molecule has 0 aromatic carbocycles. The fourth-order valence-electron chi connectivity index (χ4n) is 4.15. The molecule has 0 aliphatic carbocycles. The van der Waals surface area contributed by atoms with E-state index in [9.17, 15) is 4.79 Å². The number of thiophene rings is 1. The van der Waals surface area contributed by atoms with E-state index >= 15 is 0 Å². The molecule has 158 valence electrons. The quantitative estimate of drug-likeness (QED) is 0.731. The maximum atomic E-state index is 13.5. The van der Waals surface area contributed by atoms with E-state index in [0.717, 1.165) is 59.5 Å². The molecule has 2 saturated heterocycles. The number of nitrogens with zero attached hydrogens (tertiary/aromatic N) is 2. The highest BCUT2D eigenvalue weighted by atomic mass is 35.5. The van der Waals surface area contributed by atoms with Crippen LogP contribution in [0.4, 0.5) is 5.82 Å². The number of anilines is 1. The van der Waals surface area contributed by atoms with Crippen molar-refractivity contribution < 1.29 is 9.53 Å².